The van der Waals surface area contributed by atoms with E-state index in [0.717, 1.165) is 5.69 Å². The molecule has 19 heavy (non-hydrogen) atoms. The van der Waals surface area contributed by atoms with Gasteiger partial charge in [-0.1, -0.05) is 11.6 Å². The molecule has 1 aromatic carbocycles. The van der Waals surface area contributed by atoms with Crippen LogP contribution in [0.25, 0.3) is 0 Å². The van der Waals surface area contributed by atoms with E-state index >= 15 is 0 Å². The Balaban J connectivity index is 2.14. The Hall–Kier alpha value is -2.41. The van der Waals surface area contributed by atoms with E-state index in [1.54, 1.807) is 24.4 Å². The number of halogens is 1. The van der Waals surface area contributed by atoms with E-state index in [9.17, 15) is 0 Å². The van der Waals surface area contributed by atoms with Gasteiger partial charge in [0.05, 0.1) is 5.69 Å². The molecule has 0 aliphatic rings. The van der Waals surface area contributed by atoms with Crippen LogP contribution in [0.2, 0.25) is 5.02 Å². The lowest BCUT2D eigenvalue weighted by Crippen LogP contribution is -2.14. The van der Waals surface area contributed by atoms with E-state index in [2.05, 4.69) is 25.4 Å². The number of nitrogen functional groups attached to an aromatic ring is 1. The van der Waals surface area contributed by atoms with Crippen LogP contribution in [-0.4, -0.2) is 15.8 Å². The van der Waals surface area contributed by atoms with Crippen LogP contribution in [-0.2, 0) is 0 Å². The number of nitrogens with two attached hydrogens (primary N) is 2. The Morgan fingerprint density at radius 3 is 2.79 bits per heavy atom. The number of amidine groups is 1. The van der Waals surface area contributed by atoms with Gasteiger partial charge in [0, 0.05) is 22.6 Å². The van der Waals surface area contributed by atoms with Crippen LogP contribution in [0.1, 0.15) is 11.5 Å². The zero-order valence-electron chi connectivity index (χ0n) is 10.1. The minimum absolute atomic E-state index is 0.145. The third-order valence-electron chi connectivity index (χ3n) is 2.16. The Morgan fingerprint density at radius 1 is 1.37 bits per heavy atom. The molecule has 0 radical (unpaired) electrons. The number of aromatic nitrogens is 2. The summed E-state index contributed by atoms with van der Waals surface area (Å²) in [5.74, 6) is 0.592. The summed E-state index contributed by atoms with van der Waals surface area (Å²) in [4.78, 5) is 6.95. The molecule has 2 rings (SSSR count). The van der Waals surface area contributed by atoms with Crippen LogP contribution in [0.15, 0.2) is 39.8 Å². The molecule has 2 aromatic rings. The van der Waals surface area contributed by atoms with Crippen molar-refractivity contribution < 1.29 is 0 Å². The molecule has 0 bridgehead atoms. The predicted molar refractivity (Wildman–Crippen MR) is 74.4 cm³/mol. The smallest absolute Gasteiger partial charge is 0.191 e. The fourth-order valence-corrected chi connectivity index (χ4v) is 1.60. The summed E-state index contributed by atoms with van der Waals surface area (Å²) in [7, 11) is 0. The van der Waals surface area contributed by atoms with Crippen LogP contribution in [0, 0.1) is 6.92 Å². The molecule has 0 amide bonds. The highest BCUT2D eigenvalue weighted by molar-refractivity contribution is 6.31. The summed E-state index contributed by atoms with van der Waals surface area (Å²) >= 11 is 5.83. The molecule has 0 saturated heterocycles. The summed E-state index contributed by atoms with van der Waals surface area (Å²) < 4.78 is 0. The molecule has 0 aliphatic carbocycles. The summed E-state index contributed by atoms with van der Waals surface area (Å²) in [5, 5.41) is 11.7. The van der Waals surface area contributed by atoms with E-state index < -0.39 is 0 Å². The minimum atomic E-state index is 0.145. The summed E-state index contributed by atoms with van der Waals surface area (Å²) in [6.45, 7) is 1.86. The summed E-state index contributed by atoms with van der Waals surface area (Å²) in [6, 6.07) is 4.85. The maximum absolute atomic E-state index is 5.83. The van der Waals surface area contributed by atoms with Crippen LogP contribution in [0.3, 0.4) is 0 Å². The highest BCUT2D eigenvalue weighted by atomic mass is 35.5. The lowest BCUT2D eigenvalue weighted by atomic mass is 10.3. The van der Waals surface area contributed by atoms with E-state index in [4.69, 9.17) is 23.1 Å². The van der Waals surface area contributed by atoms with Gasteiger partial charge in [-0.3, -0.25) is 0 Å². The first-order chi connectivity index (χ1) is 9.04. The standard InChI is InChI=1S/C11H12ClN7/c1-6-5-15-11(16-6)10(14)18-19-17-9-3-7(12)2-8(13)4-9/h2-5H,13H2,1H3,(H,15,16)(H2,14,17,18). The molecule has 0 aliphatic heterocycles. The molecule has 1 heterocycles. The summed E-state index contributed by atoms with van der Waals surface area (Å²) in [6.07, 6.45) is 1.65. The van der Waals surface area contributed by atoms with E-state index in [1.807, 2.05) is 6.92 Å². The first-order valence-corrected chi connectivity index (χ1v) is 5.74. The zero-order valence-corrected chi connectivity index (χ0v) is 10.9. The van der Waals surface area contributed by atoms with E-state index in [-0.39, 0.29) is 5.84 Å². The predicted octanol–water partition coefficient (Wildman–Crippen LogP) is 2.36. The lowest BCUT2D eigenvalue weighted by Gasteiger charge is -1.96. The van der Waals surface area contributed by atoms with E-state index in [1.165, 1.54) is 0 Å². The van der Waals surface area contributed by atoms with Crippen molar-refractivity contribution in [3.05, 3.63) is 40.9 Å². The molecular weight excluding hydrogens is 266 g/mol. The van der Waals surface area contributed by atoms with Gasteiger partial charge in [-0.05, 0) is 30.3 Å². The van der Waals surface area contributed by atoms with Crippen molar-refractivity contribution in [3.8, 4) is 0 Å². The van der Waals surface area contributed by atoms with Crippen molar-refractivity contribution in [1.82, 2.24) is 9.97 Å². The average Bonchev–Trinajstić information content (AvgIpc) is 2.74. The third-order valence-corrected chi connectivity index (χ3v) is 2.38. The summed E-state index contributed by atoms with van der Waals surface area (Å²) in [5.41, 5.74) is 13.2. The maximum Gasteiger partial charge on any atom is 0.191 e. The Kier molecular flexibility index (Phi) is 3.76. The van der Waals surface area contributed by atoms with Crippen molar-refractivity contribution in [3.63, 3.8) is 0 Å². The Morgan fingerprint density at radius 2 is 2.16 bits per heavy atom. The van der Waals surface area contributed by atoms with Gasteiger partial charge in [0.1, 0.15) is 0 Å². The second-order valence-electron chi connectivity index (χ2n) is 3.83. The quantitative estimate of drug-likeness (QED) is 0.263. The van der Waals surface area contributed by atoms with Crippen LogP contribution < -0.4 is 11.5 Å². The van der Waals surface area contributed by atoms with Gasteiger partial charge in [-0.15, -0.1) is 10.2 Å². The second-order valence-corrected chi connectivity index (χ2v) is 4.27. The number of nitrogens with zero attached hydrogens (tertiary/aromatic N) is 4. The molecule has 1 aromatic heterocycles. The number of benzene rings is 1. The number of anilines is 1. The molecule has 0 unspecified atom stereocenters. The van der Waals surface area contributed by atoms with Gasteiger partial charge in [-0.2, -0.15) is 0 Å². The molecule has 7 nitrogen and oxygen atoms in total. The van der Waals surface area contributed by atoms with Crippen molar-refractivity contribution in [1.29, 1.82) is 0 Å². The first-order valence-electron chi connectivity index (χ1n) is 5.37. The fourth-order valence-electron chi connectivity index (χ4n) is 1.37. The molecule has 5 N–H and O–H groups in total. The monoisotopic (exact) mass is 277 g/mol. The molecule has 0 fully saturated rings. The number of imidazole rings is 1. The molecule has 0 spiro atoms. The number of H-pyrrole nitrogens is 1. The van der Waals surface area contributed by atoms with Crippen LogP contribution >= 0.6 is 11.6 Å². The molecule has 0 atom stereocenters. The van der Waals surface area contributed by atoms with Gasteiger partial charge in [0.15, 0.2) is 11.7 Å². The SMILES string of the molecule is Cc1cnc(C(N)=NN=Nc2cc(N)cc(Cl)c2)[nH]1. The third kappa shape index (κ3) is 3.52. The number of hydrogen-bond acceptors (Lipinski definition) is 4. The average molecular weight is 278 g/mol. The van der Waals surface area contributed by atoms with Gasteiger partial charge in [0.25, 0.3) is 0 Å². The normalized spacial score (nSPS) is 12.2. The van der Waals surface area contributed by atoms with Gasteiger partial charge in [-0.25, -0.2) is 4.98 Å². The van der Waals surface area contributed by atoms with Gasteiger partial charge in [0.2, 0.25) is 0 Å². The number of nitrogens with one attached hydrogen (secondary N) is 1. The van der Waals surface area contributed by atoms with Crippen molar-refractivity contribution in [2.45, 2.75) is 6.92 Å². The van der Waals surface area contributed by atoms with Crippen molar-refractivity contribution >= 4 is 28.8 Å². The fraction of sp³-hybridized carbons (Fsp3) is 0.0909. The molecule has 8 heteroatoms. The number of aryl methyl sites for hydroxylation is 1. The van der Waals surface area contributed by atoms with Gasteiger partial charge >= 0.3 is 0 Å². The Bertz CT molecular complexity index is 624. The van der Waals surface area contributed by atoms with Crippen molar-refractivity contribution in [2.24, 2.45) is 21.2 Å². The van der Waals surface area contributed by atoms with Gasteiger partial charge < -0.3 is 16.5 Å². The minimum Gasteiger partial charge on any atom is -0.399 e. The first kappa shape index (κ1) is 13.0. The van der Waals surface area contributed by atoms with Crippen LogP contribution in [0.4, 0.5) is 11.4 Å². The number of aromatic amines is 1. The molecular formula is C11H12ClN7. The highest BCUT2D eigenvalue weighted by Gasteiger charge is 2.01. The number of rotatable bonds is 3. The maximum atomic E-state index is 5.83. The lowest BCUT2D eigenvalue weighted by molar-refractivity contribution is 1.04. The second kappa shape index (κ2) is 5.49. The van der Waals surface area contributed by atoms with Crippen molar-refractivity contribution in [2.75, 3.05) is 5.73 Å². The molecule has 98 valence electrons. The molecule has 0 saturated carbocycles. The zero-order chi connectivity index (χ0) is 13.8. The topological polar surface area (TPSA) is 118 Å². The number of hydrogen-bond donors (Lipinski definition) is 3. The largest absolute Gasteiger partial charge is 0.399 e. The highest BCUT2D eigenvalue weighted by Crippen LogP contribution is 2.22. The van der Waals surface area contributed by atoms with E-state index in [0.29, 0.717) is 22.2 Å². The Labute approximate surface area is 114 Å². The van der Waals surface area contributed by atoms with Crippen LogP contribution in [0.5, 0.6) is 0 Å².